The first kappa shape index (κ1) is 31.6. The van der Waals surface area contributed by atoms with Gasteiger partial charge in [-0.25, -0.2) is 0 Å². The summed E-state index contributed by atoms with van der Waals surface area (Å²) in [5.74, 6) is -2.08. The second kappa shape index (κ2) is 14.3. The standard InChI is InChI=1S/C27H43N5O5/c1-17(2)14-22(27(37)31(7)21(24(28)34)15-20-12-10-9-11-13-20)32(8)26(36)19(5)29-25(35)23(18(3)4)30(6)16-33/h9-13,16-19,21-23H,14-15H2,1-8H3,(H2,28,34)(H,29,35)/t19-,21-,22-,23-/m0/s1. The molecule has 1 rings (SSSR count). The molecule has 0 saturated heterocycles. The molecule has 0 fully saturated rings. The molecule has 4 atom stereocenters. The van der Waals surface area contributed by atoms with Crippen LogP contribution in [0.25, 0.3) is 0 Å². The van der Waals surface area contributed by atoms with E-state index in [4.69, 9.17) is 5.73 Å². The number of hydrogen-bond donors (Lipinski definition) is 2. The van der Waals surface area contributed by atoms with Gasteiger partial charge in [-0.3, -0.25) is 24.0 Å². The average molecular weight is 518 g/mol. The molecule has 0 aliphatic heterocycles. The van der Waals surface area contributed by atoms with Gasteiger partial charge in [-0.1, -0.05) is 58.0 Å². The van der Waals surface area contributed by atoms with Crippen LogP contribution < -0.4 is 11.1 Å². The van der Waals surface area contributed by atoms with Crippen molar-refractivity contribution in [2.24, 2.45) is 17.6 Å². The van der Waals surface area contributed by atoms with Gasteiger partial charge in [-0.15, -0.1) is 0 Å². The van der Waals surface area contributed by atoms with E-state index in [9.17, 15) is 24.0 Å². The maximum Gasteiger partial charge on any atom is 0.245 e. The zero-order chi connectivity index (χ0) is 28.4. The molecule has 0 bridgehead atoms. The Bertz CT molecular complexity index is 936. The number of carbonyl (C=O) groups is 5. The van der Waals surface area contributed by atoms with Gasteiger partial charge in [0.25, 0.3) is 0 Å². The van der Waals surface area contributed by atoms with Crippen LogP contribution >= 0.6 is 0 Å². The predicted molar refractivity (Wildman–Crippen MR) is 142 cm³/mol. The Kier molecular flexibility index (Phi) is 12.3. The van der Waals surface area contributed by atoms with Crippen LogP contribution in [-0.4, -0.2) is 90.0 Å². The second-order valence-electron chi connectivity index (χ2n) is 10.3. The third-order valence-corrected chi connectivity index (χ3v) is 6.44. The van der Waals surface area contributed by atoms with Crippen molar-refractivity contribution in [1.82, 2.24) is 20.0 Å². The van der Waals surface area contributed by atoms with Crippen LogP contribution in [0.4, 0.5) is 0 Å². The van der Waals surface area contributed by atoms with E-state index in [0.717, 1.165) is 5.56 Å². The monoisotopic (exact) mass is 517 g/mol. The lowest BCUT2D eigenvalue weighted by atomic mass is 9.98. The minimum absolute atomic E-state index is 0.0650. The van der Waals surface area contributed by atoms with Crippen LogP contribution in [0.5, 0.6) is 0 Å². The van der Waals surface area contributed by atoms with E-state index in [1.54, 1.807) is 13.8 Å². The molecule has 1 aromatic rings. The van der Waals surface area contributed by atoms with Gasteiger partial charge in [-0.05, 0) is 30.7 Å². The molecule has 5 amide bonds. The number of nitrogens with one attached hydrogen (secondary N) is 1. The van der Waals surface area contributed by atoms with Crippen LogP contribution in [0.2, 0.25) is 0 Å². The van der Waals surface area contributed by atoms with Crippen LogP contribution in [0.1, 0.15) is 46.6 Å². The van der Waals surface area contributed by atoms with Gasteiger partial charge in [0.15, 0.2) is 0 Å². The van der Waals surface area contributed by atoms with Crippen LogP contribution in [0.3, 0.4) is 0 Å². The number of benzene rings is 1. The van der Waals surface area contributed by atoms with Crippen molar-refractivity contribution in [3.8, 4) is 0 Å². The van der Waals surface area contributed by atoms with E-state index < -0.39 is 47.8 Å². The van der Waals surface area contributed by atoms with E-state index >= 15 is 0 Å². The molecular formula is C27H43N5O5. The largest absolute Gasteiger partial charge is 0.368 e. The first-order chi connectivity index (χ1) is 17.2. The van der Waals surface area contributed by atoms with Gasteiger partial charge >= 0.3 is 0 Å². The lowest BCUT2D eigenvalue weighted by Gasteiger charge is -2.36. The molecule has 3 N–H and O–H groups in total. The Labute approximate surface area is 220 Å². The third kappa shape index (κ3) is 8.87. The molecule has 0 aliphatic rings. The molecule has 0 unspecified atom stereocenters. The normalized spacial score (nSPS) is 14.3. The number of amides is 5. The van der Waals surface area contributed by atoms with Crippen molar-refractivity contribution >= 4 is 30.0 Å². The highest BCUT2D eigenvalue weighted by Crippen LogP contribution is 2.17. The van der Waals surface area contributed by atoms with Crippen LogP contribution in [0.15, 0.2) is 30.3 Å². The molecule has 1 aromatic carbocycles. The summed E-state index contributed by atoms with van der Waals surface area (Å²) < 4.78 is 0. The summed E-state index contributed by atoms with van der Waals surface area (Å²) in [7, 11) is 4.53. The smallest absolute Gasteiger partial charge is 0.245 e. The number of likely N-dealkylation sites (N-methyl/N-ethyl adjacent to an activating group) is 3. The average Bonchev–Trinajstić information content (AvgIpc) is 2.83. The molecule has 10 nitrogen and oxygen atoms in total. The van der Waals surface area contributed by atoms with Crippen LogP contribution in [0, 0.1) is 11.8 Å². The molecule has 0 saturated carbocycles. The van der Waals surface area contributed by atoms with Gasteiger partial charge < -0.3 is 25.8 Å². The summed E-state index contributed by atoms with van der Waals surface area (Å²) in [6.45, 7) is 9.02. The van der Waals surface area contributed by atoms with Crippen molar-refractivity contribution in [2.75, 3.05) is 21.1 Å². The van der Waals surface area contributed by atoms with Crippen molar-refractivity contribution in [3.05, 3.63) is 35.9 Å². The quantitative estimate of drug-likeness (QED) is 0.356. The topological polar surface area (TPSA) is 133 Å². The van der Waals surface area contributed by atoms with Crippen LogP contribution in [-0.2, 0) is 30.4 Å². The van der Waals surface area contributed by atoms with E-state index in [1.807, 2.05) is 44.2 Å². The highest BCUT2D eigenvalue weighted by molar-refractivity contribution is 5.94. The Balaban J connectivity index is 3.12. The van der Waals surface area contributed by atoms with Gasteiger partial charge in [0.2, 0.25) is 30.0 Å². The Morgan fingerprint density at radius 2 is 1.43 bits per heavy atom. The molecule has 0 radical (unpaired) electrons. The lowest BCUT2D eigenvalue weighted by Crippen LogP contribution is -2.58. The van der Waals surface area contributed by atoms with Crippen molar-refractivity contribution < 1.29 is 24.0 Å². The van der Waals surface area contributed by atoms with E-state index in [2.05, 4.69) is 5.32 Å². The summed E-state index contributed by atoms with van der Waals surface area (Å²) in [5.41, 5.74) is 6.52. The second-order valence-corrected chi connectivity index (χ2v) is 10.3. The number of hydrogen-bond acceptors (Lipinski definition) is 5. The first-order valence-corrected chi connectivity index (χ1v) is 12.6. The minimum atomic E-state index is -0.942. The molecular weight excluding hydrogens is 474 g/mol. The number of rotatable bonds is 14. The Morgan fingerprint density at radius 3 is 1.89 bits per heavy atom. The van der Waals surface area contributed by atoms with Crippen molar-refractivity contribution in [2.45, 2.75) is 71.6 Å². The van der Waals surface area contributed by atoms with Gasteiger partial charge in [0.05, 0.1) is 0 Å². The van der Waals surface area contributed by atoms with E-state index in [0.29, 0.717) is 12.8 Å². The maximum atomic E-state index is 13.6. The number of primary amides is 1. The number of nitrogens with two attached hydrogens (primary N) is 1. The van der Waals surface area contributed by atoms with Gasteiger partial charge in [-0.2, -0.15) is 0 Å². The minimum Gasteiger partial charge on any atom is -0.368 e. The summed E-state index contributed by atoms with van der Waals surface area (Å²) in [6.07, 6.45) is 1.17. The SMILES string of the molecule is CC(C)C[C@@H](C(=O)N(C)[C@@H](Cc1ccccc1)C(N)=O)N(C)C(=O)[C@H](C)NC(=O)[C@H](C(C)C)N(C)C=O. The van der Waals surface area contributed by atoms with Crippen molar-refractivity contribution in [3.63, 3.8) is 0 Å². The number of nitrogens with zero attached hydrogens (tertiary/aromatic N) is 3. The molecule has 0 heterocycles. The highest BCUT2D eigenvalue weighted by Gasteiger charge is 2.36. The molecule has 37 heavy (non-hydrogen) atoms. The molecule has 0 aromatic heterocycles. The fourth-order valence-electron chi connectivity index (χ4n) is 4.37. The number of carbonyl (C=O) groups excluding carboxylic acids is 5. The molecule has 206 valence electrons. The van der Waals surface area contributed by atoms with E-state index in [-0.39, 0.29) is 18.3 Å². The molecule has 10 heteroatoms. The predicted octanol–water partition coefficient (Wildman–Crippen LogP) is 1.03. The summed E-state index contributed by atoms with van der Waals surface area (Å²) in [4.78, 5) is 67.2. The van der Waals surface area contributed by atoms with Gasteiger partial charge in [0.1, 0.15) is 24.2 Å². The first-order valence-electron chi connectivity index (χ1n) is 12.6. The lowest BCUT2D eigenvalue weighted by molar-refractivity contribution is -0.149. The summed E-state index contributed by atoms with van der Waals surface area (Å²) in [5, 5.41) is 2.68. The summed E-state index contributed by atoms with van der Waals surface area (Å²) >= 11 is 0. The fourth-order valence-corrected chi connectivity index (χ4v) is 4.37. The third-order valence-electron chi connectivity index (χ3n) is 6.44. The zero-order valence-corrected chi connectivity index (χ0v) is 23.3. The zero-order valence-electron chi connectivity index (χ0n) is 23.3. The van der Waals surface area contributed by atoms with Crippen molar-refractivity contribution in [1.29, 1.82) is 0 Å². The highest BCUT2D eigenvalue weighted by atomic mass is 16.2. The fraction of sp³-hybridized carbons (Fsp3) is 0.593. The molecule has 0 aliphatic carbocycles. The molecule has 0 spiro atoms. The van der Waals surface area contributed by atoms with Gasteiger partial charge in [0, 0.05) is 27.6 Å². The Morgan fingerprint density at radius 1 is 0.892 bits per heavy atom. The summed E-state index contributed by atoms with van der Waals surface area (Å²) in [6, 6.07) is 5.81. The maximum absolute atomic E-state index is 13.6. The Hall–Kier alpha value is -3.43. The van der Waals surface area contributed by atoms with E-state index in [1.165, 1.54) is 42.8 Å².